The van der Waals surface area contributed by atoms with Gasteiger partial charge in [-0.05, 0) is 61.1 Å². The summed E-state index contributed by atoms with van der Waals surface area (Å²) in [5.74, 6) is -2.72. The van der Waals surface area contributed by atoms with Crippen molar-refractivity contribution in [1.29, 1.82) is 0 Å². The monoisotopic (exact) mass is 672 g/mol. The lowest BCUT2D eigenvalue weighted by atomic mass is 9.81. The van der Waals surface area contributed by atoms with E-state index in [1.165, 1.54) is 5.01 Å². The minimum Gasteiger partial charge on any atom is -0.445 e. The van der Waals surface area contributed by atoms with Crippen LogP contribution >= 0.6 is 0 Å². The highest BCUT2D eigenvalue weighted by molar-refractivity contribution is 5.90. The molecule has 0 aliphatic heterocycles. The van der Waals surface area contributed by atoms with Crippen molar-refractivity contribution >= 4 is 23.8 Å². The van der Waals surface area contributed by atoms with E-state index in [0.717, 1.165) is 23.1 Å². The number of carbonyl (C=O) groups is 4. The van der Waals surface area contributed by atoms with Crippen LogP contribution in [0.25, 0.3) is 0 Å². The number of hydrazine groups is 1. The van der Waals surface area contributed by atoms with Crippen molar-refractivity contribution in [3.63, 3.8) is 0 Å². The molecule has 0 aliphatic carbocycles. The van der Waals surface area contributed by atoms with Gasteiger partial charge in [0, 0.05) is 6.54 Å². The third-order valence-electron chi connectivity index (χ3n) is 7.94. The van der Waals surface area contributed by atoms with E-state index < -0.39 is 35.8 Å². The van der Waals surface area contributed by atoms with Gasteiger partial charge in [-0.25, -0.2) is 10.3 Å². The summed E-state index contributed by atoms with van der Waals surface area (Å²) in [6.45, 7) is 9.82. The largest absolute Gasteiger partial charge is 0.445 e. The van der Waals surface area contributed by atoms with E-state index in [9.17, 15) is 19.2 Å². The van der Waals surface area contributed by atoms with Crippen molar-refractivity contribution in [1.82, 2.24) is 21.2 Å². The first-order valence-electron chi connectivity index (χ1n) is 17.1. The van der Waals surface area contributed by atoms with E-state index >= 15 is 0 Å². The second-order valence-corrected chi connectivity index (χ2v) is 13.2. The molecule has 0 saturated carbocycles. The normalized spacial score (nSPS) is 12.9. The van der Waals surface area contributed by atoms with Crippen LogP contribution in [0.15, 0.2) is 91.0 Å². The zero-order valence-corrected chi connectivity index (χ0v) is 29.4. The van der Waals surface area contributed by atoms with Crippen LogP contribution in [0, 0.1) is 23.7 Å². The summed E-state index contributed by atoms with van der Waals surface area (Å²) in [6, 6.07) is 27.7. The van der Waals surface area contributed by atoms with Gasteiger partial charge in [0.15, 0.2) is 0 Å². The molecule has 264 valence electrons. The smallest absolute Gasteiger partial charge is 0.408 e. The number of carbonyl (C=O) groups excluding carboxylic acids is 4. The molecule has 0 radical (unpaired) electrons. The fourth-order valence-corrected chi connectivity index (χ4v) is 5.50. The Morgan fingerprint density at radius 1 is 0.673 bits per heavy atom. The second-order valence-electron chi connectivity index (χ2n) is 13.2. The SMILES string of the molecule is CC(C)C[C@@H](C(=O)NN(CC(C)C)C(=O)[C@@H](C)NC(=O)OCc1ccccc1)[C@H](CCCc1ccccc1)C(=O)NOCc1ccccc1. The van der Waals surface area contributed by atoms with Crippen molar-refractivity contribution in [3.05, 3.63) is 108 Å². The average Bonchev–Trinajstić information content (AvgIpc) is 3.08. The summed E-state index contributed by atoms with van der Waals surface area (Å²) in [6.07, 6.45) is 1.51. The number of hydrogen-bond acceptors (Lipinski definition) is 6. The number of nitrogens with zero attached hydrogens (tertiary/aromatic N) is 1. The van der Waals surface area contributed by atoms with E-state index in [4.69, 9.17) is 9.57 Å². The molecule has 0 fully saturated rings. The van der Waals surface area contributed by atoms with E-state index in [1.54, 1.807) is 6.92 Å². The minimum atomic E-state index is -0.984. The standard InChI is InChI=1S/C39H52N4O6/c1-28(2)24-35(34(23-15-22-31-16-9-6-10-17-31)37(45)42-49-27-33-20-13-8-14-21-33)36(44)41-43(25-29(3)4)38(46)30(5)40-39(47)48-26-32-18-11-7-12-19-32/h6-14,16-21,28-30,34-35H,15,22-27H2,1-5H3,(H,40,47)(H,41,44)(H,42,45)/t30-,34+,35-/m1/s1. The zero-order valence-electron chi connectivity index (χ0n) is 29.4. The van der Waals surface area contributed by atoms with Gasteiger partial charge in [0.25, 0.3) is 5.91 Å². The molecule has 0 saturated heterocycles. The molecule has 0 spiro atoms. The quantitative estimate of drug-likeness (QED) is 0.135. The molecule has 0 aliphatic rings. The Bertz CT molecular complexity index is 1440. The third kappa shape index (κ3) is 14.1. The third-order valence-corrected chi connectivity index (χ3v) is 7.94. The van der Waals surface area contributed by atoms with Crippen molar-refractivity contribution in [2.24, 2.45) is 23.7 Å². The van der Waals surface area contributed by atoms with E-state index in [-0.39, 0.29) is 37.5 Å². The lowest BCUT2D eigenvalue weighted by molar-refractivity contribution is -0.150. The molecule has 10 heteroatoms. The van der Waals surface area contributed by atoms with Crippen LogP contribution in [-0.4, -0.2) is 41.4 Å². The maximum atomic E-state index is 14.1. The first-order chi connectivity index (χ1) is 23.5. The Balaban J connectivity index is 1.74. The van der Waals surface area contributed by atoms with Gasteiger partial charge in [0.05, 0.1) is 18.4 Å². The lowest BCUT2D eigenvalue weighted by Gasteiger charge is -2.32. The van der Waals surface area contributed by atoms with Gasteiger partial charge in [-0.2, -0.15) is 0 Å². The molecule has 0 bridgehead atoms. The van der Waals surface area contributed by atoms with Crippen LogP contribution in [0.4, 0.5) is 4.79 Å². The number of aryl methyl sites for hydroxylation is 1. The molecule has 3 N–H and O–H groups in total. The second kappa shape index (κ2) is 20.6. The van der Waals surface area contributed by atoms with E-state index in [0.29, 0.717) is 19.3 Å². The van der Waals surface area contributed by atoms with Crippen molar-refractivity contribution in [3.8, 4) is 0 Å². The van der Waals surface area contributed by atoms with Gasteiger partial charge in [-0.15, -0.1) is 0 Å². The van der Waals surface area contributed by atoms with E-state index in [2.05, 4.69) is 16.2 Å². The van der Waals surface area contributed by atoms with Crippen LogP contribution in [0.1, 0.15) is 70.6 Å². The average molecular weight is 673 g/mol. The van der Waals surface area contributed by atoms with Crippen LogP contribution in [-0.2, 0) is 43.6 Å². The van der Waals surface area contributed by atoms with Crippen molar-refractivity contribution in [2.75, 3.05) is 6.54 Å². The van der Waals surface area contributed by atoms with Gasteiger partial charge < -0.3 is 10.1 Å². The molecule has 3 atom stereocenters. The molecule has 3 aromatic rings. The van der Waals surface area contributed by atoms with Gasteiger partial charge in [0.1, 0.15) is 12.6 Å². The number of rotatable bonds is 18. The molecule has 4 amide bonds. The number of alkyl carbamates (subject to hydrolysis) is 1. The first kappa shape index (κ1) is 38.7. The predicted octanol–water partition coefficient (Wildman–Crippen LogP) is 6.37. The van der Waals surface area contributed by atoms with Gasteiger partial charge >= 0.3 is 6.09 Å². The molecular formula is C39H52N4O6. The van der Waals surface area contributed by atoms with Crippen LogP contribution < -0.4 is 16.2 Å². The Morgan fingerprint density at radius 2 is 1.22 bits per heavy atom. The Morgan fingerprint density at radius 3 is 1.78 bits per heavy atom. The molecule has 3 rings (SSSR count). The molecule has 49 heavy (non-hydrogen) atoms. The van der Waals surface area contributed by atoms with Crippen LogP contribution in [0.5, 0.6) is 0 Å². The molecule has 0 unspecified atom stereocenters. The zero-order chi connectivity index (χ0) is 35.6. The first-order valence-corrected chi connectivity index (χ1v) is 17.1. The highest BCUT2D eigenvalue weighted by Gasteiger charge is 2.36. The topological polar surface area (TPSA) is 126 Å². The number of hydrogen-bond donors (Lipinski definition) is 3. The van der Waals surface area contributed by atoms with Crippen LogP contribution in [0.2, 0.25) is 0 Å². The summed E-state index contributed by atoms with van der Waals surface area (Å²) in [7, 11) is 0. The molecular weight excluding hydrogens is 620 g/mol. The highest BCUT2D eigenvalue weighted by atomic mass is 16.6. The molecule has 10 nitrogen and oxygen atoms in total. The number of benzene rings is 3. The Kier molecular flexibility index (Phi) is 16.3. The summed E-state index contributed by atoms with van der Waals surface area (Å²) in [5.41, 5.74) is 8.28. The molecule has 0 heterocycles. The lowest BCUT2D eigenvalue weighted by Crippen LogP contribution is -2.57. The Labute approximate surface area is 290 Å². The fourth-order valence-electron chi connectivity index (χ4n) is 5.50. The van der Waals surface area contributed by atoms with Gasteiger partial charge in [-0.1, -0.05) is 119 Å². The number of hydroxylamine groups is 1. The molecule has 0 aromatic heterocycles. The maximum Gasteiger partial charge on any atom is 0.408 e. The summed E-state index contributed by atoms with van der Waals surface area (Å²) < 4.78 is 5.30. The highest BCUT2D eigenvalue weighted by Crippen LogP contribution is 2.27. The number of nitrogens with one attached hydrogen (secondary N) is 3. The van der Waals surface area contributed by atoms with Crippen molar-refractivity contribution in [2.45, 2.75) is 79.6 Å². The van der Waals surface area contributed by atoms with E-state index in [1.807, 2.05) is 119 Å². The summed E-state index contributed by atoms with van der Waals surface area (Å²) >= 11 is 0. The predicted molar refractivity (Wildman–Crippen MR) is 189 cm³/mol. The van der Waals surface area contributed by atoms with Crippen molar-refractivity contribution < 1.29 is 28.8 Å². The summed E-state index contributed by atoms with van der Waals surface area (Å²) in [4.78, 5) is 59.6. The van der Waals surface area contributed by atoms with Gasteiger partial charge in [0.2, 0.25) is 11.8 Å². The summed E-state index contributed by atoms with van der Waals surface area (Å²) in [5, 5.41) is 3.82. The fraction of sp³-hybridized carbons (Fsp3) is 0.436. The van der Waals surface area contributed by atoms with Crippen LogP contribution in [0.3, 0.4) is 0 Å². The maximum absolute atomic E-state index is 14.1. The Hall–Kier alpha value is -4.70. The number of amides is 4. The van der Waals surface area contributed by atoms with Gasteiger partial charge in [-0.3, -0.25) is 29.7 Å². The molecule has 3 aromatic carbocycles. The number of ether oxygens (including phenoxy) is 1. The minimum absolute atomic E-state index is 0.00128.